The molecule has 2 aromatic heterocycles. The van der Waals surface area contributed by atoms with Crippen molar-refractivity contribution in [1.29, 1.82) is 0 Å². The zero-order valence-corrected chi connectivity index (χ0v) is 9.67. The van der Waals surface area contributed by atoms with Crippen molar-refractivity contribution in [2.24, 2.45) is 0 Å². The highest BCUT2D eigenvalue weighted by Gasteiger charge is 2.32. The van der Waals surface area contributed by atoms with Crippen LogP contribution in [0.2, 0.25) is 0 Å². The number of anilines is 1. The second kappa shape index (κ2) is 3.80. The number of β-amino-alcohol motifs (C(OH)–C–C–N with tert-alkyl or cyclic N) is 2. The maximum atomic E-state index is 11.1. The van der Waals surface area contributed by atoms with E-state index in [1.54, 1.807) is 15.5 Å². The molecule has 0 amide bonds. The molecule has 1 aliphatic heterocycles. The molecule has 2 unspecified atom stereocenters. The van der Waals surface area contributed by atoms with Gasteiger partial charge in [-0.1, -0.05) is 0 Å². The molecule has 2 aromatic rings. The monoisotopic (exact) mass is 253 g/mol. The van der Waals surface area contributed by atoms with Gasteiger partial charge in [-0.3, -0.25) is 9.20 Å². The van der Waals surface area contributed by atoms with Crippen LogP contribution in [0, 0.1) is 0 Å². The minimum Gasteiger partial charge on any atom is -0.389 e. The van der Waals surface area contributed by atoms with Gasteiger partial charge < -0.3 is 15.1 Å². The molecule has 0 spiro atoms. The molecule has 3 heterocycles. The summed E-state index contributed by atoms with van der Waals surface area (Å²) >= 11 is 1.44. The Balaban J connectivity index is 2.05. The van der Waals surface area contributed by atoms with Crippen molar-refractivity contribution in [1.82, 2.24) is 9.38 Å². The number of carbonyl (C=O) groups excluding carboxylic acids is 1. The Morgan fingerprint density at radius 2 is 2.12 bits per heavy atom. The molecule has 2 atom stereocenters. The molecule has 0 bridgehead atoms. The lowest BCUT2D eigenvalue weighted by molar-refractivity contribution is 0.0572. The molecule has 0 aliphatic carbocycles. The molecular formula is C10H11N3O3S. The third kappa shape index (κ3) is 1.54. The van der Waals surface area contributed by atoms with E-state index in [1.165, 1.54) is 11.3 Å². The number of carbonyl (C=O) groups is 1. The summed E-state index contributed by atoms with van der Waals surface area (Å²) in [4.78, 5) is 17.9. The predicted octanol–water partition coefficient (Wildman–Crippen LogP) is -0.250. The second-order valence-electron chi connectivity index (χ2n) is 4.03. The van der Waals surface area contributed by atoms with Crippen LogP contribution in [0.15, 0.2) is 11.6 Å². The van der Waals surface area contributed by atoms with Crippen LogP contribution in [0.4, 0.5) is 5.82 Å². The smallest absolute Gasteiger partial charge is 0.196 e. The fourth-order valence-electron chi connectivity index (χ4n) is 2.08. The highest BCUT2D eigenvalue weighted by molar-refractivity contribution is 7.15. The highest BCUT2D eigenvalue weighted by atomic mass is 32.1. The largest absolute Gasteiger partial charge is 0.389 e. The lowest BCUT2D eigenvalue weighted by Crippen LogP contribution is -2.22. The maximum absolute atomic E-state index is 11.1. The first-order chi connectivity index (χ1) is 8.20. The molecule has 1 fully saturated rings. The first kappa shape index (κ1) is 10.7. The molecule has 1 aliphatic rings. The minimum atomic E-state index is -0.783. The molecule has 0 radical (unpaired) electrons. The summed E-state index contributed by atoms with van der Waals surface area (Å²) in [5.74, 6) is 0.530. The molecule has 1 saturated heterocycles. The quantitative estimate of drug-likeness (QED) is 0.722. The number of hydrogen-bond donors (Lipinski definition) is 2. The number of aromatic nitrogens is 2. The van der Waals surface area contributed by atoms with E-state index < -0.39 is 12.2 Å². The van der Waals surface area contributed by atoms with E-state index in [4.69, 9.17) is 0 Å². The lowest BCUT2D eigenvalue weighted by Gasteiger charge is -2.14. The summed E-state index contributed by atoms with van der Waals surface area (Å²) < 4.78 is 1.71. The van der Waals surface area contributed by atoms with Crippen molar-refractivity contribution < 1.29 is 15.0 Å². The summed E-state index contributed by atoms with van der Waals surface area (Å²) in [6.07, 6.45) is 0.964. The van der Waals surface area contributed by atoms with Gasteiger partial charge in [-0.15, -0.1) is 11.3 Å². The van der Waals surface area contributed by atoms with Crippen LogP contribution < -0.4 is 4.90 Å². The third-order valence-corrected chi connectivity index (χ3v) is 3.71. The Morgan fingerprint density at radius 3 is 2.76 bits per heavy atom. The van der Waals surface area contributed by atoms with E-state index in [0.29, 0.717) is 24.6 Å². The van der Waals surface area contributed by atoms with Crippen molar-refractivity contribution in [3.63, 3.8) is 0 Å². The van der Waals surface area contributed by atoms with E-state index in [9.17, 15) is 15.0 Å². The van der Waals surface area contributed by atoms with Crippen LogP contribution in [0.1, 0.15) is 10.5 Å². The van der Waals surface area contributed by atoms with Gasteiger partial charge in [-0.25, -0.2) is 4.98 Å². The van der Waals surface area contributed by atoms with Gasteiger partial charge in [0.1, 0.15) is 5.69 Å². The molecule has 6 nitrogen and oxygen atoms in total. The van der Waals surface area contributed by atoms with Crippen LogP contribution >= 0.6 is 11.3 Å². The second-order valence-corrected chi connectivity index (χ2v) is 4.91. The average molecular weight is 253 g/mol. The van der Waals surface area contributed by atoms with Gasteiger partial charge in [0.05, 0.1) is 12.2 Å². The Hall–Kier alpha value is -1.44. The molecule has 7 heteroatoms. The Labute approximate surface area is 101 Å². The Kier molecular flexibility index (Phi) is 2.39. The number of rotatable bonds is 2. The number of nitrogens with zero attached hydrogens (tertiary/aromatic N) is 3. The van der Waals surface area contributed by atoms with Crippen LogP contribution in [0.25, 0.3) is 4.96 Å². The lowest BCUT2D eigenvalue weighted by atomic mass is 10.3. The van der Waals surface area contributed by atoms with Crippen LogP contribution in [-0.4, -0.2) is 51.2 Å². The number of aliphatic hydroxyl groups excluding tert-OH is 2. The van der Waals surface area contributed by atoms with E-state index >= 15 is 0 Å². The maximum Gasteiger partial charge on any atom is 0.196 e. The first-order valence-corrected chi connectivity index (χ1v) is 6.10. The van der Waals surface area contributed by atoms with Gasteiger partial charge in [-0.05, 0) is 0 Å². The standard InChI is InChI=1S/C10H11N3O3S/c14-5-6-9(11-10-13(6)1-2-17-10)12-3-7(15)8(16)4-12/h1-2,5,7-8,15-16H,3-4H2. The molecular weight excluding hydrogens is 242 g/mol. The van der Waals surface area contributed by atoms with Crippen molar-refractivity contribution in [3.8, 4) is 0 Å². The number of imidazole rings is 1. The number of aldehydes is 1. The van der Waals surface area contributed by atoms with E-state index in [1.807, 2.05) is 5.38 Å². The highest BCUT2D eigenvalue weighted by Crippen LogP contribution is 2.26. The third-order valence-electron chi connectivity index (χ3n) is 2.95. The number of aliphatic hydroxyl groups is 2. The minimum absolute atomic E-state index is 0.298. The summed E-state index contributed by atoms with van der Waals surface area (Å²) in [7, 11) is 0. The van der Waals surface area contributed by atoms with Gasteiger partial charge in [0.25, 0.3) is 0 Å². The normalized spacial score (nSPS) is 24.7. The summed E-state index contributed by atoms with van der Waals surface area (Å²) in [6, 6.07) is 0. The van der Waals surface area contributed by atoms with Gasteiger partial charge in [-0.2, -0.15) is 0 Å². The Morgan fingerprint density at radius 1 is 1.41 bits per heavy atom. The van der Waals surface area contributed by atoms with Gasteiger partial charge in [0.15, 0.2) is 17.1 Å². The number of thiazole rings is 1. The zero-order valence-electron chi connectivity index (χ0n) is 8.85. The van der Waals surface area contributed by atoms with Gasteiger partial charge >= 0.3 is 0 Å². The van der Waals surface area contributed by atoms with E-state index in [0.717, 1.165) is 11.2 Å². The summed E-state index contributed by atoms with van der Waals surface area (Å²) in [6.45, 7) is 0.597. The van der Waals surface area contributed by atoms with Crippen LogP contribution in [0.5, 0.6) is 0 Å². The Bertz CT molecular complexity index is 554. The number of fused-ring (bicyclic) bond motifs is 1. The first-order valence-electron chi connectivity index (χ1n) is 5.22. The average Bonchev–Trinajstić information content (AvgIpc) is 2.93. The van der Waals surface area contributed by atoms with E-state index in [2.05, 4.69) is 4.98 Å². The van der Waals surface area contributed by atoms with Crippen LogP contribution in [0.3, 0.4) is 0 Å². The van der Waals surface area contributed by atoms with E-state index in [-0.39, 0.29) is 0 Å². The fourth-order valence-corrected chi connectivity index (χ4v) is 2.79. The summed E-state index contributed by atoms with van der Waals surface area (Å²) in [5, 5.41) is 20.9. The molecule has 90 valence electrons. The van der Waals surface area contributed by atoms with Crippen molar-refractivity contribution in [2.75, 3.05) is 18.0 Å². The molecule has 0 aromatic carbocycles. The molecule has 0 saturated carbocycles. The van der Waals surface area contributed by atoms with Crippen molar-refractivity contribution in [2.45, 2.75) is 12.2 Å². The van der Waals surface area contributed by atoms with Crippen LogP contribution in [-0.2, 0) is 0 Å². The van der Waals surface area contributed by atoms with Crippen molar-refractivity contribution >= 4 is 28.4 Å². The fraction of sp³-hybridized carbons (Fsp3) is 0.400. The number of hydrogen-bond acceptors (Lipinski definition) is 6. The van der Waals surface area contributed by atoms with Gasteiger partial charge in [0, 0.05) is 24.7 Å². The zero-order chi connectivity index (χ0) is 12.0. The SMILES string of the molecule is O=Cc1c(N2CC(O)C(O)C2)nc2sccn12. The molecule has 2 N–H and O–H groups in total. The summed E-state index contributed by atoms with van der Waals surface area (Å²) in [5.41, 5.74) is 0.461. The van der Waals surface area contributed by atoms with Gasteiger partial charge in [0.2, 0.25) is 0 Å². The molecule has 17 heavy (non-hydrogen) atoms. The topological polar surface area (TPSA) is 78.1 Å². The molecule has 3 rings (SSSR count). The van der Waals surface area contributed by atoms with Crippen molar-refractivity contribution in [3.05, 3.63) is 17.3 Å². The predicted molar refractivity (Wildman–Crippen MR) is 62.7 cm³/mol.